The summed E-state index contributed by atoms with van der Waals surface area (Å²) in [5.74, 6) is 3.78. The number of hydrogen-bond donors (Lipinski definition) is 1. The molecule has 1 unspecified atom stereocenters. The standard InChI is InChI=1S/C22H24N2O3/c1-4-13-24(20-11-9-16-7-5-6-8-18(16)20)15-22(25)23-19-14-17(26-2)10-12-21(19)27-3/h1,5-8,10,12,14,20H,9,11,13,15H2,2-3H3,(H,23,25). The largest absolute Gasteiger partial charge is 0.497 e. The molecule has 0 saturated carbocycles. The Kier molecular flexibility index (Phi) is 6.00. The van der Waals surface area contributed by atoms with Crippen LogP contribution >= 0.6 is 0 Å². The van der Waals surface area contributed by atoms with Gasteiger partial charge in [-0.25, -0.2) is 0 Å². The number of ether oxygens (including phenoxy) is 2. The number of fused-ring (bicyclic) bond motifs is 1. The summed E-state index contributed by atoms with van der Waals surface area (Å²) in [5, 5.41) is 2.92. The lowest BCUT2D eigenvalue weighted by Crippen LogP contribution is -2.36. The number of benzene rings is 2. The fourth-order valence-corrected chi connectivity index (χ4v) is 3.59. The van der Waals surface area contributed by atoms with Gasteiger partial charge < -0.3 is 14.8 Å². The van der Waals surface area contributed by atoms with E-state index in [1.165, 1.54) is 11.1 Å². The minimum Gasteiger partial charge on any atom is -0.497 e. The van der Waals surface area contributed by atoms with Gasteiger partial charge in [-0.15, -0.1) is 6.42 Å². The zero-order valence-electron chi connectivity index (χ0n) is 15.7. The smallest absolute Gasteiger partial charge is 0.238 e. The third-order valence-electron chi connectivity index (χ3n) is 4.86. The zero-order chi connectivity index (χ0) is 19.2. The molecule has 0 aromatic heterocycles. The average Bonchev–Trinajstić information content (AvgIpc) is 3.11. The average molecular weight is 364 g/mol. The van der Waals surface area contributed by atoms with Crippen molar-refractivity contribution in [3.05, 3.63) is 53.6 Å². The van der Waals surface area contributed by atoms with E-state index >= 15 is 0 Å². The number of carbonyl (C=O) groups excluding carboxylic acids is 1. The normalized spacial score (nSPS) is 15.1. The van der Waals surface area contributed by atoms with Crippen LogP contribution < -0.4 is 14.8 Å². The highest BCUT2D eigenvalue weighted by molar-refractivity contribution is 5.94. The maximum Gasteiger partial charge on any atom is 0.238 e. The molecule has 27 heavy (non-hydrogen) atoms. The quantitative estimate of drug-likeness (QED) is 0.766. The monoisotopic (exact) mass is 364 g/mol. The molecule has 1 aliphatic rings. The summed E-state index contributed by atoms with van der Waals surface area (Å²) < 4.78 is 10.6. The second-order valence-corrected chi connectivity index (χ2v) is 6.48. The molecule has 5 heteroatoms. The summed E-state index contributed by atoms with van der Waals surface area (Å²) in [6.45, 7) is 0.630. The SMILES string of the molecule is C#CCN(CC(=O)Nc1cc(OC)ccc1OC)C1CCc2ccccc21. The van der Waals surface area contributed by atoms with Crippen molar-refractivity contribution in [2.24, 2.45) is 0 Å². The first-order valence-electron chi connectivity index (χ1n) is 8.93. The molecule has 2 aromatic rings. The Morgan fingerprint density at radius 3 is 2.81 bits per heavy atom. The molecule has 1 aliphatic carbocycles. The van der Waals surface area contributed by atoms with Crippen molar-refractivity contribution in [2.75, 3.05) is 32.6 Å². The molecule has 0 radical (unpaired) electrons. The van der Waals surface area contributed by atoms with Crippen molar-refractivity contribution in [3.63, 3.8) is 0 Å². The molecule has 0 saturated heterocycles. The van der Waals surface area contributed by atoms with Crippen LogP contribution in [0, 0.1) is 12.3 Å². The Balaban J connectivity index is 1.74. The second kappa shape index (κ2) is 8.61. The minimum absolute atomic E-state index is 0.138. The van der Waals surface area contributed by atoms with E-state index in [1.54, 1.807) is 32.4 Å². The highest BCUT2D eigenvalue weighted by Crippen LogP contribution is 2.35. The van der Waals surface area contributed by atoms with Crippen molar-refractivity contribution >= 4 is 11.6 Å². The Labute approximate surface area is 160 Å². The lowest BCUT2D eigenvalue weighted by Gasteiger charge is -2.27. The van der Waals surface area contributed by atoms with E-state index in [4.69, 9.17) is 15.9 Å². The van der Waals surface area contributed by atoms with E-state index in [-0.39, 0.29) is 18.5 Å². The fourth-order valence-electron chi connectivity index (χ4n) is 3.59. The van der Waals surface area contributed by atoms with Crippen LogP contribution in [0.1, 0.15) is 23.6 Å². The van der Waals surface area contributed by atoms with Gasteiger partial charge in [0.15, 0.2) is 0 Å². The first-order chi connectivity index (χ1) is 13.2. The van der Waals surface area contributed by atoms with Gasteiger partial charge in [-0.3, -0.25) is 9.69 Å². The van der Waals surface area contributed by atoms with Gasteiger partial charge in [-0.2, -0.15) is 0 Å². The van der Waals surface area contributed by atoms with Crippen LogP contribution in [-0.4, -0.2) is 38.1 Å². The number of rotatable bonds is 7. The minimum atomic E-state index is -0.138. The Morgan fingerprint density at radius 1 is 1.26 bits per heavy atom. The third-order valence-corrected chi connectivity index (χ3v) is 4.86. The molecule has 0 aliphatic heterocycles. The molecule has 1 atom stereocenters. The van der Waals surface area contributed by atoms with E-state index in [9.17, 15) is 4.79 Å². The Hall–Kier alpha value is -2.97. The lowest BCUT2D eigenvalue weighted by atomic mass is 10.1. The summed E-state index contributed by atoms with van der Waals surface area (Å²) in [5.41, 5.74) is 3.17. The third kappa shape index (κ3) is 4.24. The van der Waals surface area contributed by atoms with Crippen molar-refractivity contribution in [3.8, 4) is 23.8 Å². The van der Waals surface area contributed by atoms with Crippen LogP contribution in [0.2, 0.25) is 0 Å². The molecule has 0 spiro atoms. The molecule has 0 heterocycles. The highest BCUT2D eigenvalue weighted by atomic mass is 16.5. The lowest BCUT2D eigenvalue weighted by molar-refractivity contribution is -0.117. The van der Waals surface area contributed by atoms with Gasteiger partial charge in [0.05, 0.1) is 33.0 Å². The molecule has 1 N–H and O–H groups in total. The van der Waals surface area contributed by atoms with Crippen LogP contribution in [0.25, 0.3) is 0 Å². The highest BCUT2D eigenvalue weighted by Gasteiger charge is 2.28. The topological polar surface area (TPSA) is 50.8 Å². The van der Waals surface area contributed by atoms with Crippen molar-refractivity contribution < 1.29 is 14.3 Å². The van der Waals surface area contributed by atoms with Gasteiger partial charge in [0, 0.05) is 12.1 Å². The number of aryl methyl sites for hydroxylation is 1. The molecule has 5 nitrogen and oxygen atoms in total. The number of amides is 1. The van der Waals surface area contributed by atoms with Gasteiger partial charge in [0.25, 0.3) is 0 Å². The van der Waals surface area contributed by atoms with Gasteiger partial charge in [-0.1, -0.05) is 30.2 Å². The van der Waals surface area contributed by atoms with E-state index in [0.29, 0.717) is 23.7 Å². The van der Waals surface area contributed by atoms with Crippen molar-refractivity contribution in [1.29, 1.82) is 0 Å². The van der Waals surface area contributed by atoms with Crippen LogP contribution in [0.15, 0.2) is 42.5 Å². The van der Waals surface area contributed by atoms with Crippen LogP contribution in [-0.2, 0) is 11.2 Å². The van der Waals surface area contributed by atoms with E-state index < -0.39 is 0 Å². The summed E-state index contributed by atoms with van der Waals surface area (Å²) in [6.07, 6.45) is 7.55. The summed E-state index contributed by atoms with van der Waals surface area (Å²) in [6, 6.07) is 13.8. The van der Waals surface area contributed by atoms with Crippen LogP contribution in [0.5, 0.6) is 11.5 Å². The number of carbonyl (C=O) groups is 1. The molecule has 140 valence electrons. The maximum absolute atomic E-state index is 12.7. The van der Waals surface area contributed by atoms with E-state index in [0.717, 1.165) is 12.8 Å². The number of nitrogens with one attached hydrogen (secondary N) is 1. The molecule has 0 bridgehead atoms. The Morgan fingerprint density at radius 2 is 2.07 bits per heavy atom. The number of terminal acetylenes is 1. The van der Waals surface area contributed by atoms with Crippen molar-refractivity contribution in [1.82, 2.24) is 4.90 Å². The van der Waals surface area contributed by atoms with Gasteiger partial charge in [0.1, 0.15) is 11.5 Å². The predicted octanol–water partition coefficient (Wildman–Crippen LogP) is 3.27. The first kappa shape index (κ1) is 18.8. The van der Waals surface area contributed by atoms with Gasteiger partial charge in [0.2, 0.25) is 5.91 Å². The fraction of sp³-hybridized carbons (Fsp3) is 0.318. The van der Waals surface area contributed by atoms with Crippen LogP contribution in [0.3, 0.4) is 0 Å². The number of hydrogen-bond acceptors (Lipinski definition) is 4. The predicted molar refractivity (Wildman–Crippen MR) is 106 cm³/mol. The molecule has 0 fully saturated rings. The molecular weight excluding hydrogens is 340 g/mol. The number of anilines is 1. The first-order valence-corrected chi connectivity index (χ1v) is 8.93. The molecule has 3 rings (SSSR count). The van der Waals surface area contributed by atoms with E-state index in [2.05, 4.69) is 29.4 Å². The maximum atomic E-state index is 12.7. The summed E-state index contributed by atoms with van der Waals surface area (Å²) >= 11 is 0. The van der Waals surface area contributed by atoms with Crippen LogP contribution in [0.4, 0.5) is 5.69 Å². The number of nitrogens with zero attached hydrogens (tertiary/aromatic N) is 1. The van der Waals surface area contributed by atoms with Crippen molar-refractivity contribution in [2.45, 2.75) is 18.9 Å². The zero-order valence-corrected chi connectivity index (χ0v) is 15.7. The van der Waals surface area contributed by atoms with Gasteiger partial charge in [-0.05, 0) is 36.1 Å². The summed E-state index contributed by atoms with van der Waals surface area (Å²) in [4.78, 5) is 14.8. The Bertz CT molecular complexity index is 857. The molecule has 1 amide bonds. The molecular formula is C22H24N2O3. The van der Waals surface area contributed by atoms with Gasteiger partial charge >= 0.3 is 0 Å². The number of methoxy groups -OCH3 is 2. The van der Waals surface area contributed by atoms with E-state index in [1.807, 2.05) is 11.0 Å². The second-order valence-electron chi connectivity index (χ2n) is 6.48. The molecule has 2 aromatic carbocycles. The summed E-state index contributed by atoms with van der Waals surface area (Å²) in [7, 11) is 3.15.